The van der Waals surface area contributed by atoms with E-state index in [4.69, 9.17) is 13.8 Å². The van der Waals surface area contributed by atoms with Crippen LogP contribution in [0, 0.1) is 11.3 Å². The van der Waals surface area contributed by atoms with Gasteiger partial charge in [-0.05, 0) is 12.5 Å². The van der Waals surface area contributed by atoms with Crippen LogP contribution in [-0.2, 0) is 39.2 Å². The highest BCUT2D eigenvalue weighted by Crippen LogP contribution is 2.57. The molecule has 31 heavy (non-hydrogen) atoms. The summed E-state index contributed by atoms with van der Waals surface area (Å²) in [5, 5.41) is 2.64. The van der Waals surface area contributed by atoms with Gasteiger partial charge < -0.3 is 14.6 Å². The molecule has 0 aliphatic carbocycles. The molecule has 2 rings (SSSR count). The van der Waals surface area contributed by atoms with E-state index in [1.807, 2.05) is 30.3 Å². The normalized spacial score (nSPS) is 23.5. The van der Waals surface area contributed by atoms with Crippen molar-refractivity contribution < 1.29 is 32.7 Å². The van der Waals surface area contributed by atoms with E-state index in [9.17, 15) is 18.9 Å². The van der Waals surface area contributed by atoms with E-state index in [1.54, 1.807) is 20.8 Å². The standard InChI is InChI=1S/C22H32NO7P/c1-16(21(26)28-13-11-18-8-6-5-7-9-18)14-31(27)29-15-22(3,4)19(30-31)20(25)23-12-10-17(2)24/h5-9,16,19H,10-15H2,1-4H3,(H,23,25)/t16-,19+,31?/m1/s1. The first-order chi connectivity index (χ1) is 14.5. The number of amides is 1. The summed E-state index contributed by atoms with van der Waals surface area (Å²) in [5.74, 6) is -1.71. The van der Waals surface area contributed by atoms with Crippen molar-refractivity contribution >= 4 is 25.3 Å². The molecular formula is C22H32NO7P. The van der Waals surface area contributed by atoms with E-state index in [2.05, 4.69) is 5.32 Å². The lowest BCUT2D eigenvalue weighted by atomic mass is 9.87. The fourth-order valence-corrected chi connectivity index (χ4v) is 5.40. The maximum absolute atomic E-state index is 13.1. The van der Waals surface area contributed by atoms with Crippen LogP contribution < -0.4 is 5.32 Å². The number of benzene rings is 1. The van der Waals surface area contributed by atoms with E-state index in [-0.39, 0.29) is 38.1 Å². The van der Waals surface area contributed by atoms with Crippen LogP contribution in [0.5, 0.6) is 0 Å². The van der Waals surface area contributed by atoms with Crippen LogP contribution in [0.25, 0.3) is 0 Å². The van der Waals surface area contributed by atoms with E-state index in [0.717, 1.165) is 5.56 Å². The fraction of sp³-hybridized carbons (Fsp3) is 0.591. The molecule has 1 aliphatic rings. The van der Waals surface area contributed by atoms with Crippen molar-refractivity contribution in [3.05, 3.63) is 35.9 Å². The Morgan fingerprint density at radius 1 is 1.26 bits per heavy atom. The second-order valence-electron chi connectivity index (χ2n) is 8.59. The molecule has 0 saturated carbocycles. The smallest absolute Gasteiger partial charge is 0.332 e. The van der Waals surface area contributed by atoms with E-state index >= 15 is 0 Å². The lowest BCUT2D eigenvalue weighted by Crippen LogP contribution is -2.50. The van der Waals surface area contributed by atoms with Crippen LogP contribution in [0.1, 0.15) is 39.7 Å². The average molecular weight is 453 g/mol. The van der Waals surface area contributed by atoms with E-state index in [1.165, 1.54) is 6.92 Å². The Morgan fingerprint density at radius 3 is 2.58 bits per heavy atom. The first-order valence-electron chi connectivity index (χ1n) is 10.4. The summed E-state index contributed by atoms with van der Waals surface area (Å²) >= 11 is 0. The molecule has 1 aromatic carbocycles. The predicted octanol–water partition coefficient (Wildman–Crippen LogP) is 3.14. The Bertz CT molecular complexity index is 824. The third kappa shape index (κ3) is 7.87. The van der Waals surface area contributed by atoms with Crippen LogP contribution >= 0.6 is 7.60 Å². The SMILES string of the molecule is CC(=O)CCNC(=O)[C@@H]1OP(=O)(C[C@@H](C)C(=O)OCCc2ccccc2)OCC1(C)C. The average Bonchev–Trinajstić information content (AvgIpc) is 2.70. The minimum Gasteiger partial charge on any atom is -0.465 e. The number of hydrogen-bond acceptors (Lipinski definition) is 7. The zero-order valence-electron chi connectivity index (χ0n) is 18.6. The summed E-state index contributed by atoms with van der Waals surface area (Å²) < 4.78 is 29.6. The molecule has 3 atom stereocenters. The van der Waals surface area contributed by atoms with Gasteiger partial charge in [0.05, 0.1) is 25.3 Å². The molecule has 1 aromatic rings. The quantitative estimate of drug-likeness (QED) is 0.428. The van der Waals surface area contributed by atoms with Gasteiger partial charge in [-0.3, -0.25) is 23.5 Å². The number of carbonyl (C=O) groups is 3. The van der Waals surface area contributed by atoms with Gasteiger partial charge in [-0.25, -0.2) is 0 Å². The maximum Gasteiger partial charge on any atom is 0.332 e. The molecule has 1 aliphatic heterocycles. The molecule has 1 fully saturated rings. The molecule has 0 bridgehead atoms. The number of rotatable bonds is 10. The van der Waals surface area contributed by atoms with Gasteiger partial charge in [-0.15, -0.1) is 0 Å². The van der Waals surface area contributed by atoms with Gasteiger partial charge in [0.1, 0.15) is 5.78 Å². The molecule has 1 unspecified atom stereocenters. The van der Waals surface area contributed by atoms with Crippen molar-refractivity contribution in [1.29, 1.82) is 0 Å². The maximum atomic E-state index is 13.1. The first kappa shape index (κ1) is 25.2. The molecule has 0 radical (unpaired) electrons. The number of hydrogen-bond donors (Lipinski definition) is 1. The van der Waals surface area contributed by atoms with Crippen LogP contribution in [0.3, 0.4) is 0 Å². The van der Waals surface area contributed by atoms with Crippen LogP contribution in [0.2, 0.25) is 0 Å². The monoisotopic (exact) mass is 453 g/mol. The first-order valence-corrected chi connectivity index (χ1v) is 12.1. The van der Waals surface area contributed by atoms with Crippen LogP contribution in [0.4, 0.5) is 0 Å². The van der Waals surface area contributed by atoms with Gasteiger partial charge in [0.25, 0.3) is 0 Å². The van der Waals surface area contributed by atoms with Gasteiger partial charge in [0.15, 0.2) is 6.10 Å². The fourth-order valence-electron chi connectivity index (χ4n) is 3.09. The molecule has 1 N–H and O–H groups in total. The third-order valence-corrected chi connectivity index (χ3v) is 7.05. The summed E-state index contributed by atoms with van der Waals surface area (Å²) in [7, 11) is -3.68. The topological polar surface area (TPSA) is 108 Å². The van der Waals surface area contributed by atoms with Gasteiger partial charge >= 0.3 is 13.6 Å². The van der Waals surface area contributed by atoms with Gasteiger partial charge in [0.2, 0.25) is 5.91 Å². The highest BCUT2D eigenvalue weighted by atomic mass is 31.2. The Morgan fingerprint density at radius 2 is 1.94 bits per heavy atom. The summed E-state index contributed by atoms with van der Waals surface area (Å²) in [6.45, 7) is 7.02. The Kier molecular flexibility index (Phi) is 8.98. The number of esters is 1. The predicted molar refractivity (Wildman–Crippen MR) is 116 cm³/mol. The van der Waals surface area contributed by atoms with Crippen molar-refractivity contribution in [2.24, 2.45) is 11.3 Å². The summed E-state index contributed by atoms with van der Waals surface area (Å²) in [4.78, 5) is 36.0. The van der Waals surface area contributed by atoms with Crippen molar-refractivity contribution in [1.82, 2.24) is 5.32 Å². The minimum atomic E-state index is -3.68. The molecule has 9 heteroatoms. The molecule has 8 nitrogen and oxygen atoms in total. The summed E-state index contributed by atoms with van der Waals surface area (Å²) in [6, 6.07) is 9.64. The number of ketones is 1. The minimum absolute atomic E-state index is 0.0438. The van der Waals surface area contributed by atoms with Crippen molar-refractivity contribution in [2.75, 3.05) is 25.9 Å². The van der Waals surface area contributed by atoms with Gasteiger partial charge in [-0.1, -0.05) is 51.1 Å². The second kappa shape index (κ2) is 11.0. The molecule has 1 amide bonds. The Labute approximate surface area is 183 Å². The third-order valence-electron chi connectivity index (χ3n) is 5.00. The summed E-state index contributed by atoms with van der Waals surface area (Å²) in [5.41, 5.74) is 0.337. The largest absolute Gasteiger partial charge is 0.465 e. The van der Waals surface area contributed by atoms with Crippen molar-refractivity contribution in [3.8, 4) is 0 Å². The van der Waals surface area contributed by atoms with Gasteiger partial charge in [-0.2, -0.15) is 0 Å². The van der Waals surface area contributed by atoms with Gasteiger partial charge in [0, 0.05) is 24.8 Å². The Hall–Kier alpha value is -2.02. The van der Waals surface area contributed by atoms with Crippen LogP contribution in [0.15, 0.2) is 30.3 Å². The molecule has 172 valence electrons. The number of ether oxygens (including phenoxy) is 1. The highest BCUT2D eigenvalue weighted by molar-refractivity contribution is 7.54. The van der Waals surface area contributed by atoms with E-state index < -0.39 is 36.9 Å². The summed E-state index contributed by atoms with van der Waals surface area (Å²) in [6.07, 6.45) is -0.398. The molecule has 1 heterocycles. The number of Topliss-reactive ketones (excluding diaryl/α,β-unsaturated/α-hetero) is 1. The zero-order valence-corrected chi connectivity index (χ0v) is 19.5. The number of nitrogens with one attached hydrogen (secondary N) is 1. The Balaban J connectivity index is 1.90. The van der Waals surface area contributed by atoms with Crippen molar-refractivity contribution in [2.45, 2.75) is 46.6 Å². The molecule has 0 aromatic heterocycles. The second-order valence-corrected chi connectivity index (χ2v) is 10.6. The number of carbonyl (C=O) groups excluding carboxylic acids is 3. The van der Waals surface area contributed by atoms with Crippen molar-refractivity contribution in [3.63, 3.8) is 0 Å². The van der Waals surface area contributed by atoms with E-state index in [0.29, 0.717) is 6.42 Å². The highest BCUT2D eigenvalue weighted by Gasteiger charge is 2.48. The zero-order chi connectivity index (χ0) is 23.1. The molecular weight excluding hydrogens is 421 g/mol. The van der Waals surface area contributed by atoms with Crippen LogP contribution in [-0.4, -0.2) is 49.7 Å². The lowest BCUT2D eigenvalue weighted by Gasteiger charge is -2.40. The lowest BCUT2D eigenvalue weighted by molar-refractivity contribution is -0.147. The molecule has 0 spiro atoms. The molecule has 1 saturated heterocycles.